The number of likely N-dealkylation sites (tertiary alicyclic amines) is 1. The first-order valence-corrected chi connectivity index (χ1v) is 8.71. The number of aromatic nitrogens is 2. The Labute approximate surface area is 149 Å². The first kappa shape index (κ1) is 16.7. The fraction of sp³-hybridized carbons (Fsp3) is 0.353. The van der Waals surface area contributed by atoms with Crippen molar-refractivity contribution in [1.82, 2.24) is 14.7 Å². The summed E-state index contributed by atoms with van der Waals surface area (Å²) in [6, 6.07) is 9.73. The molecule has 1 saturated heterocycles. The summed E-state index contributed by atoms with van der Waals surface area (Å²) >= 11 is 3.41. The SMILES string of the molecule is CCN1CC(C(=O)Nc2ccnn2Cc2ccc(Br)cc2)CC1=O. The van der Waals surface area contributed by atoms with Gasteiger partial charge in [-0.2, -0.15) is 5.10 Å². The number of anilines is 1. The summed E-state index contributed by atoms with van der Waals surface area (Å²) in [6.45, 7) is 3.62. The Morgan fingerprint density at radius 2 is 2.08 bits per heavy atom. The molecule has 1 aromatic carbocycles. The molecule has 0 bridgehead atoms. The molecule has 2 heterocycles. The van der Waals surface area contributed by atoms with Gasteiger partial charge >= 0.3 is 0 Å². The van der Waals surface area contributed by atoms with Crippen LogP contribution < -0.4 is 5.32 Å². The van der Waals surface area contributed by atoms with Gasteiger partial charge in [0.15, 0.2) is 0 Å². The predicted molar refractivity (Wildman–Crippen MR) is 94.5 cm³/mol. The zero-order valence-corrected chi connectivity index (χ0v) is 15.0. The van der Waals surface area contributed by atoms with E-state index in [1.807, 2.05) is 31.2 Å². The highest BCUT2D eigenvalue weighted by atomic mass is 79.9. The summed E-state index contributed by atoms with van der Waals surface area (Å²) in [5.41, 5.74) is 1.09. The van der Waals surface area contributed by atoms with Crippen molar-refractivity contribution in [2.75, 3.05) is 18.4 Å². The van der Waals surface area contributed by atoms with Crippen molar-refractivity contribution >= 4 is 33.6 Å². The molecule has 3 rings (SSSR count). The van der Waals surface area contributed by atoms with Crippen molar-refractivity contribution in [2.45, 2.75) is 19.9 Å². The minimum absolute atomic E-state index is 0.0426. The second-order valence-corrected chi connectivity index (χ2v) is 6.74. The Morgan fingerprint density at radius 3 is 2.75 bits per heavy atom. The Hall–Kier alpha value is -2.15. The number of nitrogens with zero attached hydrogens (tertiary/aromatic N) is 3. The third-order valence-electron chi connectivity index (χ3n) is 4.18. The van der Waals surface area contributed by atoms with E-state index in [9.17, 15) is 9.59 Å². The van der Waals surface area contributed by atoms with Crippen LogP contribution in [0.5, 0.6) is 0 Å². The average molecular weight is 391 g/mol. The number of hydrogen-bond donors (Lipinski definition) is 1. The van der Waals surface area contributed by atoms with Gasteiger partial charge in [-0.15, -0.1) is 0 Å². The van der Waals surface area contributed by atoms with Crippen LogP contribution in [0.1, 0.15) is 18.9 Å². The van der Waals surface area contributed by atoms with Gasteiger partial charge in [-0.3, -0.25) is 9.59 Å². The number of hydrogen-bond acceptors (Lipinski definition) is 3. The molecule has 1 fully saturated rings. The van der Waals surface area contributed by atoms with Crippen molar-refractivity contribution in [1.29, 1.82) is 0 Å². The summed E-state index contributed by atoms with van der Waals surface area (Å²) in [7, 11) is 0. The maximum Gasteiger partial charge on any atom is 0.230 e. The minimum atomic E-state index is -0.298. The number of rotatable bonds is 5. The highest BCUT2D eigenvalue weighted by molar-refractivity contribution is 9.10. The zero-order chi connectivity index (χ0) is 17.1. The fourth-order valence-corrected chi connectivity index (χ4v) is 3.07. The summed E-state index contributed by atoms with van der Waals surface area (Å²) in [5.74, 6) is 0.261. The smallest absolute Gasteiger partial charge is 0.230 e. The van der Waals surface area contributed by atoms with Gasteiger partial charge in [-0.25, -0.2) is 4.68 Å². The van der Waals surface area contributed by atoms with E-state index < -0.39 is 0 Å². The van der Waals surface area contributed by atoms with Gasteiger partial charge < -0.3 is 10.2 Å². The van der Waals surface area contributed by atoms with Crippen LogP contribution in [0.25, 0.3) is 0 Å². The maximum atomic E-state index is 12.4. The van der Waals surface area contributed by atoms with Crippen LogP contribution in [-0.4, -0.2) is 39.6 Å². The molecule has 2 amide bonds. The van der Waals surface area contributed by atoms with E-state index in [0.717, 1.165) is 10.0 Å². The Balaban J connectivity index is 1.66. The largest absolute Gasteiger partial charge is 0.342 e. The molecule has 1 aliphatic rings. The topological polar surface area (TPSA) is 67.2 Å². The quantitative estimate of drug-likeness (QED) is 0.852. The molecule has 0 aliphatic carbocycles. The third kappa shape index (κ3) is 3.67. The van der Waals surface area contributed by atoms with Crippen LogP contribution in [0.3, 0.4) is 0 Å². The van der Waals surface area contributed by atoms with Gasteiger partial charge in [0.2, 0.25) is 11.8 Å². The number of nitrogens with one attached hydrogen (secondary N) is 1. The first-order valence-electron chi connectivity index (χ1n) is 7.91. The van der Waals surface area contributed by atoms with Crippen molar-refractivity contribution in [3.05, 3.63) is 46.6 Å². The summed E-state index contributed by atoms with van der Waals surface area (Å²) < 4.78 is 2.77. The molecule has 1 aromatic heterocycles. The van der Waals surface area contributed by atoms with Gasteiger partial charge in [0.05, 0.1) is 18.7 Å². The van der Waals surface area contributed by atoms with E-state index >= 15 is 0 Å². The van der Waals surface area contributed by atoms with Gasteiger partial charge in [-0.05, 0) is 24.6 Å². The van der Waals surface area contributed by atoms with Crippen LogP contribution in [-0.2, 0) is 16.1 Å². The highest BCUT2D eigenvalue weighted by Gasteiger charge is 2.33. The number of amides is 2. The standard InChI is InChI=1S/C17H19BrN4O2/c1-2-21-11-13(9-16(21)23)17(24)20-15-7-8-19-22(15)10-12-3-5-14(18)6-4-12/h3-8,13H,2,9-11H2,1H3,(H,20,24). The van der Waals surface area contributed by atoms with Gasteiger partial charge in [0, 0.05) is 30.0 Å². The van der Waals surface area contributed by atoms with E-state index in [0.29, 0.717) is 25.5 Å². The minimum Gasteiger partial charge on any atom is -0.342 e. The molecule has 7 heteroatoms. The fourth-order valence-electron chi connectivity index (χ4n) is 2.81. The summed E-state index contributed by atoms with van der Waals surface area (Å²) in [5, 5.41) is 7.18. The van der Waals surface area contributed by atoms with Crippen LogP contribution in [0.4, 0.5) is 5.82 Å². The van der Waals surface area contributed by atoms with E-state index in [2.05, 4.69) is 26.3 Å². The van der Waals surface area contributed by atoms with E-state index in [4.69, 9.17) is 0 Å². The molecular weight excluding hydrogens is 372 g/mol. The van der Waals surface area contributed by atoms with Crippen LogP contribution in [0, 0.1) is 5.92 Å². The molecule has 6 nitrogen and oxygen atoms in total. The van der Waals surface area contributed by atoms with Crippen LogP contribution in [0.15, 0.2) is 41.0 Å². The molecule has 1 N–H and O–H groups in total. The van der Waals surface area contributed by atoms with Gasteiger partial charge in [-0.1, -0.05) is 28.1 Å². The lowest BCUT2D eigenvalue weighted by molar-refractivity contribution is -0.128. The molecule has 0 radical (unpaired) electrons. The first-order chi connectivity index (χ1) is 11.6. The molecule has 1 atom stereocenters. The summed E-state index contributed by atoms with van der Waals surface area (Å²) in [4.78, 5) is 25.9. The lowest BCUT2D eigenvalue weighted by Crippen LogP contribution is -2.28. The maximum absolute atomic E-state index is 12.4. The highest BCUT2D eigenvalue weighted by Crippen LogP contribution is 2.20. The molecule has 1 unspecified atom stereocenters. The van der Waals surface area contributed by atoms with E-state index in [1.165, 1.54) is 0 Å². The van der Waals surface area contributed by atoms with Crippen LogP contribution >= 0.6 is 15.9 Å². The van der Waals surface area contributed by atoms with E-state index in [-0.39, 0.29) is 24.2 Å². The molecule has 2 aromatic rings. The average Bonchev–Trinajstić information content (AvgIpc) is 3.16. The lowest BCUT2D eigenvalue weighted by Gasteiger charge is -2.14. The molecule has 126 valence electrons. The van der Waals surface area contributed by atoms with Gasteiger partial charge in [0.25, 0.3) is 0 Å². The van der Waals surface area contributed by atoms with Crippen LogP contribution in [0.2, 0.25) is 0 Å². The monoisotopic (exact) mass is 390 g/mol. The molecule has 24 heavy (non-hydrogen) atoms. The number of halogens is 1. The predicted octanol–water partition coefficient (Wildman–Crippen LogP) is 2.50. The number of carbonyl (C=O) groups excluding carboxylic acids is 2. The van der Waals surface area contributed by atoms with Crippen molar-refractivity contribution in [3.8, 4) is 0 Å². The van der Waals surface area contributed by atoms with E-state index in [1.54, 1.807) is 21.8 Å². The molecule has 1 aliphatic heterocycles. The Bertz CT molecular complexity index is 741. The van der Waals surface area contributed by atoms with Crippen molar-refractivity contribution in [2.24, 2.45) is 5.92 Å². The molecule has 0 spiro atoms. The number of benzene rings is 1. The Kier molecular flexibility index (Phi) is 4.99. The normalized spacial score (nSPS) is 17.3. The summed E-state index contributed by atoms with van der Waals surface area (Å²) in [6.07, 6.45) is 1.94. The number of carbonyl (C=O) groups is 2. The Morgan fingerprint density at radius 1 is 1.33 bits per heavy atom. The third-order valence-corrected chi connectivity index (χ3v) is 4.71. The zero-order valence-electron chi connectivity index (χ0n) is 13.4. The molecule has 0 saturated carbocycles. The molecular formula is C17H19BrN4O2. The lowest BCUT2D eigenvalue weighted by atomic mass is 10.1. The van der Waals surface area contributed by atoms with Crippen molar-refractivity contribution in [3.63, 3.8) is 0 Å². The second kappa shape index (κ2) is 7.17. The second-order valence-electron chi connectivity index (χ2n) is 5.82. The van der Waals surface area contributed by atoms with Gasteiger partial charge in [0.1, 0.15) is 5.82 Å². The van der Waals surface area contributed by atoms with Crippen molar-refractivity contribution < 1.29 is 9.59 Å².